The van der Waals surface area contributed by atoms with Gasteiger partial charge < -0.3 is 5.73 Å². The second kappa shape index (κ2) is 5.94. The van der Waals surface area contributed by atoms with E-state index >= 15 is 0 Å². The van der Waals surface area contributed by atoms with Crippen molar-refractivity contribution in [2.24, 2.45) is 10.7 Å². The van der Waals surface area contributed by atoms with Crippen LogP contribution in [-0.4, -0.2) is 10.9 Å². The molecule has 1 unspecified atom stereocenters. The van der Waals surface area contributed by atoms with Crippen molar-refractivity contribution in [3.63, 3.8) is 0 Å². The molecule has 0 amide bonds. The Hall–Kier alpha value is -1.77. The van der Waals surface area contributed by atoms with Crippen molar-refractivity contribution in [2.45, 2.75) is 38.1 Å². The van der Waals surface area contributed by atoms with Crippen LogP contribution in [0.5, 0.6) is 0 Å². The fraction of sp³-hybridized carbons (Fsp3) is 0.368. The Morgan fingerprint density at radius 1 is 1.25 bits per heavy atom. The second-order valence-electron chi connectivity index (χ2n) is 6.58. The molecule has 0 bridgehead atoms. The van der Waals surface area contributed by atoms with Gasteiger partial charge in [-0.05, 0) is 67.5 Å². The van der Waals surface area contributed by atoms with E-state index in [0.29, 0.717) is 0 Å². The summed E-state index contributed by atoms with van der Waals surface area (Å²) >= 11 is 3.52. The number of amidine groups is 1. The molecule has 0 fully saturated rings. The van der Waals surface area contributed by atoms with E-state index in [-0.39, 0.29) is 5.54 Å². The summed E-state index contributed by atoms with van der Waals surface area (Å²) in [6, 6.07) is 10.7. The van der Waals surface area contributed by atoms with Crippen LogP contribution in [0.1, 0.15) is 40.8 Å². The van der Waals surface area contributed by atoms with Gasteiger partial charge in [-0.3, -0.25) is 4.99 Å². The van der Waals surface area contributed by atoms with Crippen LogP contribution in [0.2, 0.25) is 0 Å². The molecule has 0 saturated carbocycles. The zero-order valence-electron chi connectivity index (χ0n) is 13.6. The molecule has 24 heavy (non-hydrogen) atoms. The summed E-state index contributed by atoms with van der Waals surface area (Å²) in [4.78, 5) is 7.57. The predicted octanol–water partition coefficient (Wildman–Crippen LogP) is 4.58. The first-order chi connectivity index (χ1) is 11.6. The molecule has 0 radical (unpaired) electrons. The summed E-state index contributed by atoms with van der Waals surface area (Å²) in [5, 5.41) is 9.97. The lowest BCUT2D eigenvalue weighted by atomic mass is 9.78. The highest BCUT2D eigenvalue weighted by atomic mass is 32.2. The SMILES string of the molecule is Cc1cc(C#N)cc(-c2cc3c(s2)CCCC32CCSC(N)=N2)c1. The Morgan fingerprint density at radius 2 is 2.12 bits per heavy atom. The van der Waals surface area contributed by atoms with Crippen LogP contribution < -0.4 is 5.73 Å². The van der Waals surface area contributed by atoms with Gasteiger partial charge in [0.15, 0.2) is 5.17 Å². The van der Waals surface area contributed by atoms with Crippen LogP contribution in [0.15, 0.2) is 29.3 Å². The molecule has 1 spiro atoms. The molecular weight excluding hydrogens is 334 g/mol. The maximum absolute atomic E-state index is 9.24. The van der Waals surface area contributed by atoms with Crippen LogP contribution in [0.4, 0.5) is 0 Å². The third-order valence-corrected chi connectivity index (χ3v) is 6.92. The van der Waals surface area contributed by atoms with Gasteiger partial charge in [-0.2, -0.15) is 5.26 Å². The number of aryl methyl sites for hydroxylation is 2. The van der Waals surface area contributed by atoms with E-state index in [4.69, 9.17) is 10.7 Å². The minimum absolute atomic E-state index is 0.112. The lowest BCUT2D eigenvalue weighted by Gasteiger charge is -2.36. The Kier molecular flexibility index (Phi) is 3.90. The quantitative estimate of drug-likeness (QED) is 0.816. The number of nitrogens with two attached hydrogens (primary N) is 1. The number of thiophene rings is 1. The summed E-state index contributed by atoms with van der Waals surface area (Å²) in [5.74, 6) is 1.04. The van der Waals surface area contributed by atoms with E-state index in [1.54, 1.807) is 11.8 Å². The van der Waals surface area contributed by atoms with Gasteiger partial charge >= 0.3 is 0 Å². The van der Waals surface area contributed by atoms with E-state index in [2.05, 4.69) is 18.2 Å². The number of hydrogen-bond donors (Lipinski definition) is 1. The van der Waals surface area contributed by atoms with Crippen LogP contribution >= 0.6 is 23.1 Å². The topological polar surface area (TPSA) is 62.2 Å². The molecule has 4 rings (SSSR count). The van der Waals surface area contributed by atoms with E-state index in [1.807, 2.05) is 30.4 Å². The fourth-order valence-corrected chi connectivity index (χ4v) is 5.99. The summed E-state index contributed by atoms with van der Waals surface area (Å²) in [5.41, 5.74) is 10.3. The minimum atomic E-state index is -0.112. The molecule has 1 aromatic carbocycles. The van der Waals surface area contributed by atoms with Crippen molar-refractivity contribution in [3.8, 4) is 16.5 Å². The highest BCUT2D eigenvalue weighted by molar-refractivity contribution is 8.13. The molecule has 1 aliphatic carbocycles. The molecule has 122 valence electrons. The first-order valence-electron chi connectivity index (χ1n) is 8.23. The molecule has 2 aliphatic rings. The van der Waals surface area contributed by atoms with Gasteiger partial charge in [-0.25, -0.2) is 0 Å². The summed E-state index contributed by atoms with van der Waals surface area (Å²) in [6.45, 7) is 2.04. The van der Waals surface area contributed by atoms with Crippen LogP contribution in [0, 0.1) is 18.3 Å². The maximum Gasteiger partial charge on any atom is 0.154 e. The van der Waals surface area contributed by atoms with Crippen molar-refractivity contribution >= 4 is 28.3 Å². The van der Waals surface area contributed by atoms with Crippen molar-refractivity contribution in [1.82, 2.24) is 0 Å². The molecule has 2 N–H and O–H groups in total. The summed E-state index contributed by atoms with van der Waals surface area (Å²) < 4.78 is 0. The van der Waals surface area contributed by atoms with Crippen LogP contribution in [0.3, 0.4) is 0 Å². The number of hydrogen-bond acceptors (Lipinski definition) is 5. The first kappa shape index (κ1) is 15.7. The van der Waals surface area contributed by atoms with E-state index in [1.165, 1.54) is 21.7 Å². The number of nitriles is 1. The Morgan fingerprint density at radius 3 is 2.92 bits per heavy atom. The highest BCUT2D eigenvalue weighted by Crippen LogP contribution is 2.49. The van der Waals surface area contributed by atoms with E-state index < -0.39 is 0 Å². The van der Waals surface area contributed by atoms with E-state index in [0.717, 1.165) is 46.9 Å². The Balaban J connectivity index is 1.83. The standard InChI is InChI=1S/C19H19N3S2/c1-12-7-13(11-20)9-14(8-12)17-10-15-16(24-17)3-2-4-19(15)5-6-23-18(21)22-19/h7-10H,2-6H2,1H3,(H2,21,22). The molecule has 1 aromatic heterocycles. The number of fused-ring (bicyclic) bond motifs is 2. The molecule has 0 saturated heterocycles. The Bertz CT molecular complexity index is 875. The normalized spacial score (nSPS) is 22.8. The zero-order valence-corrected chi connectivity index (χ0v) is 15.3. The largest absolute Gasteiger partial charge is 0.379 e. The molecular formula is C19H19N3S2. The van der Waals surface area contributed by atoms with E-state index in [9.17, 15) is 5.26 Å². The van der Waals surface area contributed by atoms with Gasteiger partial charge in [0.2, 0.25) is 0 Å². The van der Waals surface area contributed by atoms with Crippen molar-refractivity contribution in [1.29, 1.82) is 5.26 Å². The van der Waals surface area contributed by atoms with Gasteiger partial charge in [-0.15, -0.1) is 11.3 Å². The number of thioether (sulfide) groups is 1. The predicted molar refractivity (Wildman–Crippen MR) is 103 cm³/mol. The van der Waals surface area contributed by atoms with Crippen molar-refractivity contribution < 1.29 is 0 Å². The van der Waals surface area contributed by atoms with Gasteiger partial charge in [-0.1, -0.05) is 17.8 Å². The average Bonchev–Trinajstić information content (AvgIpc) is 3.00. The molecule has 3 nitrogen and oxygen atoms in total. The van der Waals surface area contributed by atoms with Gasteiger partial charge in [0.05, 0.1) is 17.2 Å². The number of aliphatic imine (C=N–C) groups is 1. The number of rotatable bonds is 1. The maximum atomic E-state index is 9.24. The number of benzene rings is 1. The molecule has 5 heteroatoms. The lowest BCUT2D eigenvalue weighted by molar-refractivity contribution is 0.368. The molecule has 2 aromatic rings. The smallest absolute Gasteiger partial charge is 0.154 e. The fourth-order valence-electron chi connectivity index (χ4n) is 3.82. The van der Waals surface area contributed by atoms with Crippen LogP contribution in [-0.2, 0) is 12.0 Å². The van der Waals surface area contributed by atoms with Gasteiger partial charge in [0, 0.05) is 15.5 Å². The highest BCUT2D eigenvalue weighted by Gasteiger charge is 2.39. The minimum Gasteiger partial charge on any atom is -0.379 e. The first-order valence-corrected chi connectivity index (χ1v) is 10.0. The molecule has 2 heterocycles. The monoisotopic (exact) mass is 353 g/mol. The summed E-state index contributed by atoms with van der Waals surface area (Å²) in [6.07, 6.45) is 4.46. The van der Waals surface area contributed by atoms with Crippen molar-refractivity contribution in [2.75, 3.05) is 5.75 Å². The third kappa shape index (κ3) is 2.64. The van der Waals surface area contributed by atoms with Gasteiger partial charge in [0.25, 0.3) is 0 Å². The molecule has 1 atom stereocenters. The zero-order chi connectivity index (χ0) is 16.7. The average molecular weight is 354 g/mol. The van der Waals surface area contributed by atoms with Gasteiger partial charge in [0.1, 0.15) is 0 Å². The third-order valence-electron chi connectivity index (χ3n) is 4.89. The van der Waals surface area contributed by atoms with Crippen LogP contribution in [0.25, 0.3) is 10.4 Å². The Labute approximate surface area is 150 Å². The van der Waals surface area contributed by atoms with Crippen molar-refractivity contribution in [3.05, 3.63) is 45.8 Å². The number of nitrogens with zero attached hydrogens (tertiary/aromatic N) is 2. The summed E-state index contributed by atoms with van der Waals surface area (Å²) in [7, 11) is 0. The second-order valence-corrected chi connectivity index (χ2v) is 8.83. The molecule has 1 aliphatic heterocycles. The lowest BCUT2D eigenvalue weighted by Crippen LogP contribution is -2.34.